The molecule has 0 aliphatic heterocycles. The maximum Gasteiger partial charge on any atom is 0.163 e. The average Bonchev–Trinajstić information content (AvgIpc) is 2.68. The van der Waals surface area contributed by atoms with Gasteiger partial charge in [0.1, 0.15) is 17.4 Å². The van der Waals surface area contributed by atoms with Crippen LogP contribution in [0.5, 0.6) is 5.75 Å². The number of ether oxygens (including phenoxy) is 1. The van der Waals surface area contributed by atoms with Gasteiger partial charge in [-0.15, -0.1) is 0 Å². The number of aromatic nitrogens is 2. The van der Waals surface area contributed by atoms with Crippen molar-refractivity contribution in [3.63, 3.8) is 0 Å². The molecular formula is C22H26N4O. The molecule has 2 aromatic carbocycles. The highest BCUT2D eigenvalue weighted by atomic mass is 16.5. The molecule has 0 atom stereocenters. The lowest BCUT2D eigenvalue weighted by atomic mass is 10.1. The van der Waals surface area contributed by atoms with Crippen LogP contribution in [-0.2, 0) is 6.42 Å². The van der Waals surface area contributed by atoms with E-state index < -0.39 is 0 Å². The van der Waals surface area contributed by atoms with E-state index in [1.165, 1.54) is 5.56 Å². The molecule has 5 heteroatoms. The Hall–Kier alpha value is -3.08. The predicted molar refractivity (Wildman–Crippen MR) is 111 cm³/mol. The molecule has 3 rings (SSSR count). The van der Waals surface area contributed by atoms with Gasteiger partial charge >= 0.3 is 0 Å². The number of methoxy groups -OCH3 is 1. The Morgan fingerprint density at radius 1 is 0.926 bits per heavy atom. The highest BCUT2D eigenvalue weighted by Gasteiger charge is 2.08. The van der Waals surface area contributed by atoms with E-state index in [2.05, 4.69) is 35.5 Å². The molecule has 0 aliphatic rings. The lowest BCUT2D eigenvalue weighted by Gasteiger charge is -2.14. The van der Waals surface area contributed by atoms with Crippen molar-refractivity contribution >= 4 is 11.6 Å². The lowest BCUT2D eigenvalue weighted by Crippen LogP contribution is -2.13. The van der Waals surface area contributed by atoms with E-state index in [0.29, 0.717) is 11.9 Å². The van der Waals surface area contributed by atoms with E-state index >= 15 is 0 Å². The van der Waals surface area contributed by atoms with E-state index in [1.54, 1.807) is 7.11 Å². The molecule has 0 bridgehead atoms. The fraction of sp³-hybridized carbons (Fsp3) is 0.273. The van der Waals surface area contributed by atoms with E-state index in [9.17, 15) is 0 Å². The van der Waals surface area contributed by atoms with Crippen molar-refractivity contribution in [2.75, 3.05) is 24.3 Å². The van der Waals surface area contributed by atoms with Crippen LogP contribution in [-0.4, -0.2) is 29.7 Å². The van der Waals surface area contributed by atoms with Gasteiger partial charge in [0, 0.05) is 24.2 Å². The largest absolute Gasteiger partial charge is 0.496 e. The molecule has 0 saturated carbocycles. The molecule has 3 aromatic rings. The first-order valence-corrected chi connectivity index (χ1v) is 9.22. The molecule has 0 amide bonds. The maximum atomic E-state index is 5.42. The molecule has 1 heterocycles. The van der Waals surface area contributed by atoms with Crippen molar-refractivity contribution in [2.45, 2.75) is 26.3 Å². The second-order valence-electron chi connectivity index (χ2n) is 6.62. The number of hydrogen-bond donors (Lipinski definition) is 2. The van der Waals surface area contributed by atoms with Gasteiger partial charge < -0.3 is 15.4 Å². The normalized spacial score (nSPS) is 10.7. The monoisotopic (exact) mass is 362 g/mol. The van der Waals surface area contributed by atoms with E-state index in [-0.39, 0.29) is 0 Å². The first kappa shape index (κ1) is 18.7. The third kappa shape index (κ3) is 5.20. The van der Waals surface area contributed by atoms with Crippen molar-refractivity contribution in [2.24, 2.45) is 0 Å². The Balaban J connectivity index is 1.77. The van der Waals surface area contributed by atoms with Gasteiger partial charge in [-0.2, -0.15) is 0 Å². The predicted octanol–water partition coefficient (Wildman–Crippen LogP) is 4.63. The van der Waals surface area contributed by atoms with Crippen molar-refractivity contribution in [3.8, 4) is 17.1 Å². The number of para-hydroxylation sites is 1. The zero-order valence-electron chi connectivity index (χ0n) is 16.1. The van der Waals surface area contributed by atoms with E-state index in [4.69, 9.17) is 9.72 Å². The minimum atomic E-state index is 0.296. The Morgan fingerprint density at radius 3 is 2.37 bits per heavy atom. The standard InChI is InChI=1S/C22H26N4O/c1-16(2)24-21-15-20(25-22(26-21)18-10-5-4-6-11-18)23-14-13-17-9-7-8-12-19(17)27-3/h4-12,15-16H,13-14H2,1-3H3,(H2,23,24,25,26). The van der Waals surface area contributed by atoms with Crippen molar-refractivity contribution in [1.29, 1.82) is 0 Å². The van der Waals surface area contributed by atoms with E-state index in [1.807, 2.05) is 54.6 Å². The molecule has 0 spiro atoms. The van der Waals surface area contributed by atoms with Crippen LogP contribution in [0.1, 0.15) is 19.4 Å². The maximum absolute atomic E-state index is 5.42. The van der Waals surface area contributed by atoms with Crippen LogP contribution >= 0.6 is 0 Å². The van der Waals surface area contributed by atoms with Crippen LogP contribution in [0.15, 0.2) is 60.7 Å². The summed E-state index contributed by atoms with van der Waals surface area (Å²) >= 11 is 0. The Kier molecular flexibility index (Phi) is 6.26. The first-order chi connectivity index (χ1) is 13.2. The molecular weight excluding hydrogens is 336 g/mol. The van der Waals surface area contributed by atoms with Gasteiger partial charge in [0.25, 0.3) is 0 Å². The topological polar surface area (TPSA) is 59.1 Å². The van der Waals surface area contributed by atoms with Gasteiger partial charge in [0.15, 0.2) is 5.82 Å². The third-order valence-corrected chi connectivity index (χ3v) is 4.09. The molecule has 0 fully saturated rings. The molecule has 0 saturated heterocycles. The van der Waals surface area contributed by atoms with E-state index in [0.717, 1.165) is 35.9 Å². The van der Waals surface area contributed by atoms with Crippen LogP contribution in [0, 0.1) is 0 Å². The van der Waals surface area contributed by atoms with Gasteiger partial charge in [-0.25, -0.2) is 9.97 Å². The van der Waals surface area contributed by atoms with Gasteiger partial charge in [-0.05, 0) is 31.9 Å². The summed E-state index contributed by atoms with van der Waals surface area (Å²) in [6.45, 7) is 4.95. The molecule has 2 N–H and O–H groups in total. The lowest BCUT2D eigenvalue weighted by molar-refractivity contribution is 0.410. The summed E-state index contributed by atoms with van der Waals surface area (Å²) in [7, 11) is 1.70. The molecule has 27 heavy (non-hydrogen) atoms. The van der Waals surface area contributed by atoms with Gasteiger partial charge in [-0.1, -0.05) is 48.5 Å². The minimum Gasteiger partial charge on any atom is -0.496 e. The Bertz CT molecular complexity index is 865. The second-order valence-corrected chi connectivity index (χ2v) is 6.62. The van der Waals surface area contributed by atoms with Crippen LogP contribution in [0.2, 0.25) is 0 Å². The number of nitrogens with zero attached hydrogens (tertiary/aromatic N) is 2. The van der Waals surface area contributed by atoms with Gasteiger partial charge in [0.05, 0.1) is 7.11 Å². The van der Waals surface area contributed by atoms with Crippen LogP contribution in [0.4, 0.5) is 11.6 Å². The first-order valence-electron chi connectivity index (χ1n) is 9.22. The fourth-order valence-electron chi connectivity index (χ4n) is 2.86. The van der Waals surface area contributed by atoms with Gasteiger partial charge in [-0.3, -0.25) is 0 Å². The van der Waals surface area contributed by atoms with Crippen molar-refractivity contribution in [1.82, 2.24) is 9.97 Å². The molecule has 0 radical (unpaired) electrons. The fourth-order valence-corrected chi connectivity index (χ4v) is 2.86. The number of nitrogens with one attached hydrogen (secondary N) is 2. The summed E-state index contributed by atoms with van der Waals surface area (Å²) in [4.78, 5) is 9.35. The van der Waals surface area contributed by atoms with Gasteiger partial charge in [0.2, 0.25) is 0 Å². The summed E-state index contributed by atoms with van der Waals surface area (Å²) in [6, 6.07) is 20.4. The summed E-state index contributed by atoms with van der Waals surface area (Å²) < 4.78 is 5.42. The number of benzene rings is 2. The average molecular weight is 362 g/mol. The molecule has 0 unspecified atom stereocenters. The van der Waals surface area contributed by atoms with Crippen LogP contribution in [0.3, 0.4) is 0 Å². The van der Waals surface area contributed by atoms with Crippen molar-refractivity contribution < 1.29 is 4.74 Å². The Morgan fingerprint density at radius 2 is 1.63 bits per heavy atom. The Labute approximate surface area is 160 Å². The molecule has 0 aliphatic carbocycles. The highest BCUT2D eigenvalue weighted by Crippen LogP contribution is 2.21. The summed E-state index contributed by atoms with van der Waals surface area (Å²) in [5.41, 5.74) is 2.17. The molecule has 140 valence electrons. The molecule has 1 aromatic heterocycles. The zero-order valence-corrected chi connectivity index (χ0v) is 16.1. The highest BCUT2D eigenvalue weighted by molar-refractivity contribution is 5.61. The van der Waals surface area contributed by atoms with Crippen LogP contribution < -0.4 is 15.4 Å². The van der Waals surface area contributed by atoms with Crippen molar-refractivity contribution in [3.05, 3.63) is 66.2 Å². The third-order valence-electron chi connectivity index (χ3n) is 4.09. The quantitative estimate of drug-likeness (QED) is 0.612. The smallest absolute Gasteiger partial charge is 0.163 e. The number of anilines is 2. The summed E-state index contributed by atoms with van der Waals surface area (Å²) in [6.07, 6.45) is 0.849. The number of rotatable bonds is 8. The SMILES string of the molecule is COc1ccccc1CCNc1cc(NC(C)C)nc(-c2ccccc2)n1. The minimum absolute atomic E-state index is 0.296. The molecule has 5 nitrogen and oxygen atoms in total. The number of hydrogen-bond acceptors (Lipinski definition) is 5. The summed E-state index contributed by atoms with van der Waals surface area (Å²) in [5, 5.41) is 6.79. The second kappa shape index (κ2) is 9.03. The zero-order chi connectivity index (χ0) is 19.1. The summed E-state index contributed by atoms with van der Waals surface area (Å²) in [5.74, 6) is 3.25. The van der Waals surface area contributed by atoms with Crippen LogP contribution in [0.25, 0.3) is 11.4 Å².